The topological polar surface area (TPSA) is 83.1 Å². The molecule has 1 aliphatic rings. The van der Waals surface area contributed by atoms with Crippen molar-refractivity contribution in [3.05, 3.63) is 0 Å². The molecule has 1 rings (SSSR count). The van der Waals surface area contributed by atoms with E-state index in [1.807, 2.05) is 0 Å². The minimum Gasteiger partial charge on any atom is -0.425 e. The predicted molar refractivity (Wildman–Crippen MR) is 105 cm³/mol. The van der Waals surface area contributed by atoms with Crippen LogP contribution in [0.3, 0.4) is 0 Å². The van der Waals surface area contributed by atoms with Gasteiger partial charge in [-0.1, -0.05) is 19.8 Å². The Balaban J connectivity index is 2.20. The Kier molecular flexibility index (Phi) is 17.1. The second-order valence-corrected chi connectivity index (χ2v) is 21.7. The van der Waals surface area contributed by atoms with Crippen molar-refractivity contribution in [2.45, 2.75) is 25.8 Å². The summed E-state index contributed by atoms with van der Waals surface area (Å²) in [5, 5.41) is 0. The van der Waals surface area contributed by atoms with Gasteiger partial charge in [-0.05, 0) is 6.04 Å². The molecule has 0 unspecified atom stereocenters. The van der Waals surface area contributed by atoms with E-state index in [4.69, 9.17) is 37.0 Å². The SMILES string of the molecule is CCCC[SiH]1O[SiH2]O[SiH2]O[SiH2]O[SiH2]O[SiH2]O[SiH2]O[SiH2]O[SiH2]O1. The zero-order valence-electron chi connectivity index (χ0n) is 13.0. The maximum atomic E-state index is 5.86. The van der Waals surface area contributed by atoms with Gasteiger partial charge in [0.15, 0.2) is 0 Å². The lowest BCUT2D eigenvalue weighted by Gasteiger charge is -2.17. The van der Waals surface area contributed by atoms with Gasteiger partial charge in [0.05, 0.1) is 0 Å². The van der Waals surface area contributed by atoms with Crippen LogP contribution in [0.5, 0.6) is 0 Å². The van der Waals surface area contributed by atoms with Crippen molar-refractivity contribution < 1.29 is 37.0 Å². The number of rotatable bonds is 3. The summed E-state index contributed by atoms with van der Waals surface area (Å²) in [5.74, 6) is 0. The molecule has 22 heavy (non-hydrogen) atoms. The molecular formula is C4H26O9Si9. The van der Waals surface area contributed by atoms with Crippen LogP contribution in [0.2, 0.25) is 6.04 Å². The first-order valence-electron chi connectivity index (χ1n) is 7.21. The lowest BCUT2D eigenvalue weighted by molar-refractivity contribution is 0.338. The maximum absolute atomic E-state index is 5.86. The molecule has 0 aromatic heterocycles. The highest BCUT2D eigenvalue weighted by atomic mass is 28.4. The van der Waals surface area contributed by atoms with E-state index in [0.717, 1.165) is 18.9 Å². The predicted octanol–water partition coefficient (Wildman–Crippen LogP) is -6.84. The molecule has 1 heterocycles. The molecule has 18 heteroatoms. The second kappa shape index (κ2) is 17.4. The molecule has 1 fully saturated rings. The van der Waals surface area contributed by atoms with Gasteiger partial charge < -0.3 is 37.0 Å². The highest BCUT2D eigenvalue weighted by Crippen LogP contribution is 2.03. The van der Waals surface area contributed by atoms with Crippen LogP contribution >= 0.6 is 0 Å². The summed E-state index contributed by atoms with van der Waals surface area (Å²) < 4.78 is 50.0. The molecule has 0 aliphatic carbocycles. The molecule has 1 aliphatic heterocycles. The van der Waals surface area contributed by atoms with Crippen LogP contribution < -0.4 is 0 Å². The Hall–Kier alpha value is 1.59. The fraction of sp³-hybridized carbons (Fsp3) is 1.00. The first-order valence-corrected chi connectivity index (χ1v) is 18.2. The zero-order chi connectivity index (χ0) is 15.7. The fourth-order valence-corrected chi connectivity index (χ4v) is 19.6. The molecule has 132 valence electrons. The third-order valence-electron chi connectivity index (χ3n) is 2.47. The number of unbranched alkanes of at least 4 members (excludes halogenated alkanes) is 1. The van der Waals surface area contributed by atoms with Gasteiger partial charge in [-0.25, -0.2) is 0 Å². The van der Waals surface area contributed by atoms with Gasteiger partial charge in [-0.15, -0.1) is 0 Å². The third kappa shape index (κ3) is 14.0. The normalized spacial score (nSPS) is 34.0. The molecule has 0 bridgehead atoms. The van der Waals surface area contributed by atoms with E-state index in [1.54, 1.807) is 0 Å². The average Bonchev–Trinajstić information content (AvgIpc) is 2.53. The Bertz CT molecular complexity index is 223. The summed E-state index contributed by atoms with van der Waals surface area (Å²) in [6, 6.07) is 1.03. The molecule has 0 saturated carbocycles. The zero-order valence-corrected chi connectivity index (χ0v) is 25.5. The number of hydrogen-bond acceptors (Lipinski definition) is 9. The van der Waals surface area contributed by atoms with Gasteiger partial charge in [0, 0.05) is 0 Å². The maximum Gasteiger partial charge on any atom is 0.303 e. The van der Waals surface area contributed by atoms with Crippen LogP contribution in [-0.4, -0.2) is 89.3 Å². The molecule has 0 aromatic carbocycles. The quantitative estimate of drug-likeness (QED) is 0.374. The van der Waals surface area contributed by atoms with Crippen molar-refractivity contribution in [3.8, 4) is 0 Å². The van der Waals surface area contributed by atoms with E-state index in [2.05, 4.69) is 6.92 Å². The summed E-state index contributed by atoms with van der Waals surface area (Å²) >= 11 is 0. The molecule has 0 aromatic rings. The molecular weight excluding hydrogens is 445 g/mol. The van der Waals surface area contributed by atoms with Crippen molar-refractivity contribution in [1.29, 1.82) is 0 Å². The fourth-order valence-electron chi connectivity index (χ4n) is 1.43. The van der Waals surface area contributed by atoms with Gasteiger partial charge in [0.1, 0.15) is 0 Å². The smallest absolute Gasteiger partial charge is 0.303 e. The minimum atomic E-state index is -1.60. The lowest BCUT2D eigenvalue weighted by Crippen LogP contribution is -2.30. The molecule has 0 radical (unpaired) electrons. The van der Waals surface area contributed by atoms with Crippen molar-refractivity contribution in [1.82, 2.24) is 0 Å². The molecule has 1 saturated heterocycles. The van der Waals surface area contributed by atoms with Gasteiger partial charge in [0.25, 0.3) is 80.1 Å². The molecule has 9 nitrogen and oxygen atoms in total. The van der Waals surface area contributed by atoms with Crippen LogP contribution in [0.1, 0.15) is 19.8 Å². The van der Waals surface area contributed by atoms with Gasteiger partial charge in [-0.3, -0.25) is 0 Å². The molecule has 0 spiro atoms. The minimum absolute atomic E-state index is 0.918. The standard InChI is InChI=1S/C4H26O9Si9/c1-2-3-4-22-12-20-10-18-8-16-6-14-5-15-7-17-9-19-11-21-13-22/h22H,2-4,14-21H2,1H3. The Morgan fingerprint density at radius 2 is 0.955 bits per heavy atom. The summed E-state index contributed by atoms with van der Waals surface area (Å²) in [7, 11) is -9.13. The van der Waals surface area contributed by atoms with E-state index >= 15 is 0 Å². The average molecular weight is 471 g/mol. The summed E-state index contributed by atoms with van der Waals surface area (Å²) in [5.41, 5.74) is 0. The van der Waals surface area contributed by atoms with Crippen LogP contribution in [0.15, 0.2) is 0 Å². The van der Waals surface area contributed by atoms with Crippen LogP contribution in [0.4, 0.5) is 0 Å². The lowest BCUT2D eigenvalue weighted by atomic mass is 10.4. The van der Waals surface area contributed by atoms with Crippen LogP contribution in [0, 0.1) is 0 Å². The highest BCUT2D eigenvalue weighted by molar-refractivity contribution is 6.58. The van der Waals surface area contributed by atoms with E-state index in [9.17, 15) is 0 Å². The third-order valence-corrected chi connectivity index (χ3v) is 16.7. The van der Waals surface area contributed by atoms with Crippen molar-refractivity contribution in [2.24, 2.45) is 0 Å². The van der Waals surface area contributed by atoms with Crippen molar-refractivity contribution in [3.63, 3.8) is 0 Å². The molecule has 0 N–H and O–H groups in total. The Labute approximate surface area is 152 Å². The van der Waals surface area contributed by atoms with Gasteiger partial charge >= 0.3 is 9.28 Å². The number of hydrogen-bond donors (Lipinski definition) is 0. The van der Waals surface area contributed by atoms with Crippen molar-refractivity contribution >= 4 is 89.3 Å². The highest BCUT2D eigenvalue weighted by Gasteiger charge is 2.13. The van der Waals surface area contributed by atoms with Gasteiger partial charge in [0.2, 0.25) is 0 Å². The van der Waals surface area contributed by atoms with E-state index in [-0.39, 0.29) is 0 Å². The first kappa shape index (κ1) is 21.6. The summed E-state index contributed by atoms with van der Waals surface area (Å²) in [6.07, 6.45) is 2.29. The first-order chi connectivity index (χ1) is 10.9. The van der Waals surface area contributed by atoms with E-state index in [1.165, 1.54) is 0 Å². The van der Waals surface area contributed by atoms with Crippen LogP contribution in [0.25, 0.3) is 0 Å². The molecule has 0 amide bonds. The second-order valence-electron chi connectivity index (χ2n) is 4.28. The van der Waals surface area contributed by atoms with Crippen molar-refractivity contribution in [2.75, 3.05) is 0 Å². The summed E-state index contributed by atoms with van der Waals surface area (Å²) in [6.45, 7) is 2.17. The van der Waals surface area contributed by atoms with Crippen LogP contribution in [-0.2, 0) is 37.0 Å². The Morgan fingerprint density at radius 1 is 0.591 bits per heavy atom. The monoisotopic (exact) mass is 470 g/mol. The largest absolute Gasteiger partial charge is 0.425 e. The van der Waals surface area contributed by atoms with E-state index < -0.39 is 89.3 Å². The van der Waals surface area contributed by atoms with E-state index in [0.29, 0.717) is 0 Å². The molecule has 0 atom stereocenters. The Morgan fingerprint density at radius 3 is 1.32 bits per heavy atom. The van der Waals surface area contributed by atoms with Gasteiger partial charge in [-0.2, -0.15) is 0 Å². The summed E-state index contributed by atoms with van der Waals surface area (Å²) in [4.78, 5) is 0.